The zero-order valence-electron chi connectivity index (χ0n) is 3.57. The maximum absolute atomic E-state index is 5.25. The van der Waals surface area contributed by atoms with Crippen molar-refractivity contribution in [3.63, 3.8) is 0 Å². The van der Waals surface area contributed by atoms with Gasteiger partial charge in [-0.2, -0.15) is 0 Å². The summed E-state index contributed by atoms with van der Waals surface area (Å²) in [5, 5.41) is 0. The van der Waals surface area contributed by atoms with Crippen LogP contribution in [0.4, 0.5) is 5.55 Å². The fourth-order valence-corrected chi connectivity index (χ4v) is 0.611. The number of nitrogens with zero attached hydrogens (tertiary/aromatic N) is 2. The number of anilines is 1. The monoisotopic (exact) mass is 113 g/mol. The zero-order valence-corrected chi connectivity index (χ0v) is 4.47. The fourth-order valence-electron chi connectivity index (χ4n) is 0.248. The van der Waals surface area contributed by atoms with Gasteiger partial charge in [0.15, 0.2) is 5.55 Å². The number of hydrogen-bond acceptors (Lipinski definition) is 3. The highest BCUT2D eigenvalue weighted by Gasteiger charge is 1.75. The van der Waals surface area contributed by atoms with E-state index in [0.29, 0.717) is 5.55 Å². The molecular weight excluding hydrogens is 109 g/mol. The van der Waals surface area contributed by atoms with Crippen molar-refractivity contribution >= 4 is 13.7 Å². The third-order valence-electron chi connectivity index (χ3n) is 0.513. The number of nitrogen functional groups attached to an aromatic ring is 1. The van der Waals surface area contributed by atoms with E-state index in [1.807, 2.05) is 0 Å². The Bertz CT molecular complexity index is 140. The number of nitrogens with two attached hydrogens (primary N) is 1. The van der Waals surface area contributed by atoms with Crippen LogP contribution in [0, 0.1) is 0 Å². The molecule has 0 saturated heterocycles. The van der Waals surface area contributed by atoms with Crippen LogP contribution < -0.4 is 5.73 Å². The smallest absolute Gasteiger partial charge is 0.153 e. The predicted molar refractivity (Wildman–Crippen MR) is 29.0 cm³/mol. The number of aromatic nitrogens is 2. The van der Waals surface area contributed by atoms with Crippen LogP contribution >= 0.6 is 8.19 Å². The lowest BCUT2D eigenvalue weighted by atomic mass is 11.2. The topological polar surface area (TPSA) is 51.8 Å². The molecule has 1 rings (SSSR count). The molecule has 1 heterocycles. The van der Waals surface area contributed by atoms with E-state index in [4.69, 9.17) is 5.73 Å². The molecule has 0 unspecified atom stereocenters. The quantitative estimate of drug-likeness (QED) is 0.537. The molecule has 0 fully saturated rings. The largest absolute Gasteiger partial charge is 0.380 e. The molecule has 4 heteroatoms. The van der Waals surface area contributed by atoms with Gasteiger partial charge in [0.05, 0.1) is 5.93 Å². The summed E-state index contributed by atoms with van der Waals surface area (Å²) in [6, 6.07) is 0. The Labute approximate surface area is 42.7 Å². The molecule has 0 aliphatic heterocycles. The van der Waals surface area contributed by atoms with Crippen LogP contribution in [0.3, 0.4) is 0 Å². The molecule has 0 atom stereocenters. The molecule has 0 aliphatic carbocycles. The summed E-state index contributed by atoms with van der Waals surface area (Å²) in [5.74, 6) is 1.70. The first-order valence-electron chi connectivity index (χ1n) is 1.77. The molecular formula is C3H4N3P. The lowest BCUT2D eigenvalue weighted by Crippen LogP contribution is -1.82. The molecule has 0 amide bonds. The van der Waals surface area contributed by atoms with Gasteiger partial charge in [0.2, 0.25) is 0 Å². The highest BCUT2D eigenvalue weighted by atomic mass is 31.0. The first kappa shape index (κ1) is 4.47. The Morgan fingerprint density at radius 3 is 2.86 bits per heavy atom. The van der Waals surface area contributed by atoms with E-state index in [9.17, 15) is 0 Å². The van der Waals surface area contributed by atoms with Crippen molar-refractivity contribution in [1.29, 1.82) is 0 Å². The minimum atomic E-state index is 0.606. The minimum Gasteiger partial charge on any atom is -0.380 e. The Hall–Kier alpha value is -0.690. The van der Waals surface area contributed by atoms with E-state index in [2.05, 4.69) is 9.97 Å². The van der Waals surface area contributed by atoms with E-state index < -0.39 is 0 Å². The average molecular weight is 113 g/mol. The molecule has 0 bridgehead atoms. The molecule has 0 aromatic carbocycles. The van der Waals surface area contributed by atoms with Gasteiger partial charge in [-0.25, -0.2) is 9.97 Å². The third kappa shape index (κ3) is 1.09. The predicted octanol–water partition coefficient (Wildman–Crippen LogP) is 0.639. The molecule has 7 heavy (non-hydrogen) atoms. The summed E-state index contributed by atoms with van der Waals surface area (Å²) in [6.07, 6.45) is 1.44. The first-order chi connectivity index (χ1) is 3.39. The molecule has 1 aromatic rings. The minimum absolute atomic E-state index is 0.606. The van der Waals surface area contributed by atoms with Crippen LogP contribution in [0.2, 0.25) is 0 Å². The second-order valence-electron chi connectivity index (χ2n) is 0.996. The van der Waals surface area contributed by atoms with E-state index in [-0.39, 0.29) is 0 Å². The average Bonchev–Trinajstić information content (AvgIpc) is 1.69. The van der Waals surface area contributed by atoms with Crippen LogP contribution in [-0.4, -0.2) is 9.97 Å². The lowest BCUT2D eigenvalue weighted by Gasteiger charge is -1.81. The molecule has 0 radical (unpaired) electrons. The van der Waals surface area contributed by atoms with Crippen molar-refractivity contribution in [2.75, 3.05) is 5.73 Å². The van der Waals surface area contributed by atoms with Gasteiger partial charge in [-0.15, -0.1) is 0 Å². The van der Waals surface area contributed by atoms with Crippen LogP contribution in [0.5, 0.6) is 0 Å². The second-order valence-corrected chi connectivity index (χ2v) is 1.94. The van der Waals surface area contributed by atoms with Crippen molar-refractivity contribution in [2.24, 2.45) is 0 Å². The van der Waals surface area contributed by atoms with Gasteiger partial charge >= 0.3 is 0 Å². The van der Waals surface area contributed by atoms with Gasteiger partial charge in [-0.1, -0.05) is 0 Å². The molecule has 1 aromatic heterocycles. The standard InChI is InChI=1S/C3H4N3P/c4-3-6-1-5-2-7-3/h1-2H,(H2,4,5,6). The van der Waals surface area contributed by atoms with E-state index in [0.717, 1.165) is 8.19 Å². The maximum atomic E-state index is 5.25. The van der Waals surface area contributed by atoms with Gasteiger partial charge in [0.1, 0.15) is 6.33 Å². The van der Waals surface area contributed by atoms with Crippen molar-refractivity contribution in [3.8, 4) is 0 Å². The van der Waals surface area contributed by atoms with Gasteiger partial charge in [-0.05, 0) is 8.19 Å². The van der Waals surface area contributed by atoms with Gasteiger partial charge in [-0.3, -0.25) is 0 Å². The Balaban J connectivity index is 3.02. The zero-order chi connectivity index (χ0) is 5.11. The van der Waals surface area contributed by atoms with Crippen molar-refractivity contribution in [1.82, 2.24) is 9.97 Å². The van der Waals surface area contributed by atoms with E-state index in [1.54, 1.807) is 5.93 Å². The lowest BCUT2D eigenvalue weighted by molar-refractivity contribution is 1.23. The Morgan fingerprint density at radius 2 is 2.57 bits per heavy atom. The highest BCUT2D eigenvalue weighted by Crippen LogP contribution is 2.06. The molecule has 0 aliphatic rings. The van der Waals surface area contributed by atoms with Crippen molar-refractivity contribution in [2.45, 2.75) is 0 Å². The normalized spacial score (nSPS) is 9.71. The Kier molecular flexibility index (Phi) is 1.18. The van der Waals surface area contributed by atoms with Gasteiger partial charge in [0.25, 0.3) is 0 Å². The first-order valence-corrected chi connectivity index (χ1v) is 2.73. The van der Waals surface area contributed by atoms with Crippen LogP contribution in [0.15, 0.2) is 12.3 Å². The summed E-state index contributed by atoms with van der Waals surface area (Å²) < 4.78 is 0. The highest BCUT2D eigenvalue weighted by molar-refractivity contribution is 7.32. The maximum Gasteiger partial charge on any atom is 0.153 e. The molecule has 0 saturated carbocycles. The molecule has 36 valence electrons. The third-order valence-corrected chi connectivity index (χ3v) is 1.14. The summed E-state index contributed by atoms with van der Waals surface area (Å²) in [6.45, 7) is 0. The van der Waals surface area contributed by atoms with Gasteiger partial charge < -0.3 is 5.73 Å². The molecule has 2 N–H and O–H groups in total. The summed E-state index contributed by atoms with van der Waals surface area (Å²) >= 11 is 0. The van der Waals surface area contributed by atoms with E-state index in [1.165, 1.54) is 6.33 Å². The number of hydrogen-bond donors (Lipinski definition) is 1. The second kappa shape index (κ2) is 1.85. The molecule has 3 nitrogen and oxygen atoms in total. The summed E-state index contributed by atoms with van der Waals surface area (Å²) in [7, 11) is 0.902. The van der Waals surface area contributed by atoms with E-state index >= 15 is 0 Å². The van der Waals surface area contributed by atoms with Gasteiger partial charge in [0, 0.05) is 0 Å². The summed E-state index contributed by atoms with van der Waals surface area (Å²) in [5.41, 5.74) is 5.86. The van der Waals surface area contributed by atoms with Crippen LogP contribution in [-0.2, 0) is 0 Å². The van der Waals surface area contributed by atoms with Crippen molar-refractivity contribution in [3.05, 3.63) is 12.3 Å². The number of rotatable bonds is 0. The SMILES string of the molecule is Nc1ncncp1. The van der Waals surface area contributed by atoms with Crippen LogP contribution in [0.25, 0.3) is 0 Å². The fraction of sp³-hybridized carbons (Fsp3) is 0. The summed E-state index contributed by atoms with van der Waals surface area (Å²) in [4.78, 5) is 7.39. The van der Waals surface area contributed by atoms with Crippen molar-refractivity contribution < 1.29 is 0 Å². The van der Waals surface area contributed by atoms with Crippen LogP contribution in [0.1, 0.15) is 0 Å². The molecule has 0 spiro atoms. The Morgan fingerprint density at radius 1 is 1.71 bits per heavy atom.